The molecule has 0 radical (unpaired) electrons. The Kier molecular flexibility index (Phi) is 3.69. The van der Waals surface area contributed by atoms with Crippen LogP contribution < -0.4 is 10.6 Å². The highest BCUT2D eigenvalue weighted by atomic mass is 16.3. The summed E-state index contributed by atoms with van der Waals surface area (Å²) in [5.41, 5.74) is 1.63. The van der Waals surface area contributed by atoms with Gasteiger partial charge in [-0.05, 0) is 48.7 Å². The largest absolute Gasteiger partial charge is 0.464 e. The number of carbonyl (C=O) groups excluding carboxylic acids is 1. The van der Waals surface area contributed by atoms with Gasteiger partial charge in [0, 0.05) is 24.2 Å². The summed E-state index contributed by atoms with van der Waals surface area (Å²) in [6, 6.07) is 11.5. The van der Waals surface area contributed by atoms with Crippen LogP contribution in [0.2, 0.25) is 0 Å². The van der Waals surface area contributed by atoms with Crippen molar-refractivity contribution in [3.8, 4) is 0 Å². The summed E-state index contributed by atoms with van der Waals surface area (Å²) < 4.78 is 5.85. The molecule has 0 spiro atoms. The first-order valence-corrected chi connectivity index (χ1v) is 7.32. The average Bonchev–Trinajstić information content (AvgIpc) is 3.06. The Morgan fingerprint density at radius 2 is 1.95 bits per heavy atom. The predicted molar refractivity (Wildman–Crippen MR) is 82.4 cm³/mol. The zero-order chi connectivity index (χ0) is 14.8. The molecule has 0 aliphatic heterocycles. The van der Waals surface area contributed by atoms with Gasteiger partial charge in [-0.2, -0.15) is 0 Å². The van der Waals surface area contributed by atoms with Crippen LogP contribution in [-0.4, -0.2) is 13.0 Å². The monoisotopic (exact) mass is 284 g/mol. The number of amides is 1. The molecule has 1 aliphatic carbocycles. The average molecular weight is 284 g/mol. The molecule has 0 bridgehead atoms. The van der Waals surface area contributed by atoms with Gasteiger partial charge in [0.2, 0.25) is 0 Å². The van der Waals surface area contributed by atoms with E-state index in [1.54, 1.807) is 19.2 Å². The second-order valence-corrected chi connectivity index (χ2v) is 5.63. The molecule has 1 aromatic heterocycles. The second kappa shape index (κ2) is 5.64. The molecule has 3 rings (SSSR count). The van der Waals surface area contributed by atoms with Gasteiger partial charge in [-0.25, -0.2) is 0 Å². The zero-order valence-corrected chi connectivity index (χ0v) is 12.3. The van der Waals surface area contributed by atoms with Crippen LogP contribution in [0.3, 0.4) is 0 Å². The van der Waals surface area contributed by atoms with Gasteiger partial charge in [0.1, 0.15) is 11.5 Å². The van der Waals surface area contributed by atoms with E-state index in [1.807, 2.05) is 18.2 Å². The van der Waals surface area contributed by atoms with Crippen LogP contribution in [-0.2, 0) is 6.54 Å². The number of rotatable bonds is 5. The number of furan rings is 1. The fourth-order valence-corrected chi connectivity index (χ4v) is 2.48. The summed E-state index contributed by atoms with van der Waals surface area (Å²) in [7, 11) is 1.63. The van der Waals surface area contributed by atoms with E-state index in [2.05, 4.69) is 23.6 Å². The first kappa shape index (κ1) is 13.7. The summed E-state index contributed by atoms with van der Waals surface area (Å²) in [6.07, 6.45) is 1.24. The lowest BCUT2D eigenvalue weighted by molar-refractivity contribution is 0.0963. The second-order valence-electron chi connectivity index (χ2n) is 5.63. The number of hydrogen-bond donors (Lipinski definition) is 2. The van der Waals surface area contributed by atoms with Crippen molar-refractivity contribution in [2.75, 3.05) is 12.4 Å². The van der Waals surface area contributed by atoms with E-state index >= 15 is 0 Å². The molecule has 21 heavy (non-hydrogen) atoms. The summed E-state index contributed by atoms with van der Waals surface area (Å²) in [5, 5.41) is 5.91. The van der Waals surface area contributed by atoms with Crippen molar-refractivity contribution in [3.63, 3.8) is 0 Å². The van der Waals surface area contributed by atoms with Crippen molar-refractivity contribution in [2.45, 2.75) is 25.8 Å². The molecule has 1 aliphatic rings. The lowest BCUT2D eigenvalue weighted by Gasteiger charge is -2.05. The van der Waals surface area contributed by atoms with Crippen molar-refractivity contribution in [1.82, 2.24) is 5.32 Å². The number of hydrogen-bond acceptors (Lipinski definition) is 3. The van der Waals surface area contributed by atoms with Crippen molar-refractivity contribution in [2.24, 2.45) is 5.92 Å². The summed E-state index contributed by atoms with van der Waals surface area (Å²) in [4.78, 5) is 11.5. The topological polar surface area (TPSA) is 54.3 Å². The van der Waals surface area contributed by atoms with Crippen molar-refractivity contribution >= 4 is 11.6 Å². The molecule has 1 fully saturated rings. The lowest BCUT2D eigenvalue weighted by Crippen LogP contribution is -2.17. The van der Waals surface area contributed by atoms with Gasteiger partial charge in [-0.15, -0.1) is 0 Å². The molecule has 2 unspecified atom stereocenters. The van der Waals surface area contributed by atoms with Crippen molar-refractivity contribution in [1.29, 1.82) is 0 Å². The van der Waals surface area contributed by atoms with Crippen molar-refractivity contribution in [3.05, 3.63) is 53.5 Å². The first-order chi connectivity index (χ1) is 10.2. The zero-order valence-electron chi connectivity index (χ0n) is 12.3. The molecule has 1 amide bonds. The van der Waals surface area contributed by atoms with Gasteiger partial charge in [-0.3, -0.25) is 4.79 Å². The minimum absolute atomic E-state index is 0.0734. The van der Waals surface area contributed by atoms with Gasteiger partial charge in [0.15, 0.2) is 0 Å². The van der Waals surface area contributed by atoms with E-state index in [0.29, 0.717) is 18.0 Å². The van der Waals surface area contributed by atoms with E-state index in [1.165, 1.54) is 6.42 Å². The standard InChI is InChI=1S/C17H20N2O2/c1-11-9-15(11)16-8-7-14(21-16)10-19-13-5-3-12(4-6-13)17(20)18-2/h3-8,11,15,19H,9-10H2,1-2H3,(H,18,20). The molecule has 0 saturated heterocycles. The maximum Gasteiger partial charge on any atom is 0.251 e. The maximum absolute atomic E-state index is 11.5. The molecule has 1 saturated carbocycles. The Balaban J connectivity index is 1.57. The van der Waals surface area contributed by atoms with E-state index in [9.17, 15) is 4.79 Å². The quantitative estimate of drug-likeness (QED) is 0.885. The van der Waals surface area contributed by atoms with Crippen LogP contribution in [0.15, 0.2) is 40.8 Å². The van der Waals surface area contributed by atoms with Gasteiger partial charge in [0.05, 0.1) is 6.54 Å². The van der Waals surface area contributed by atoms with Gasteiger partial charge < -0.3 is 15.1 Å². The number of nitrogens with one attached hydrogen (secondary N) is 2. The van der Waals surface area contributed by atoms with E-state index in [4.69, 9.17) is 4.42 Å². The van der Waals surface area contributed by atoms with Gasteiger partial charge in [-0.1, -0.05) is 6.92 Å². The van der Waals surface area contributed by atoms with Crippen LogP contribution in [0, 0.1) is 5.92 Å². The summed E-state index contributed by atoms with van der Waals surface area (Å²) in [6.45, 7) is 2.90. The summed E-state index contributed by atoms with van der Waals surface area (Å²) in [5.74, 6) is 3.35. The van der Waals surface area contributed by atoms with Crippen LogP contribution in [0.25, 0.3) is 0 Å². The van der Waals surface area contributed by atoms with Crippen molar-refractivity contribution < 1.29 is 9.21 Å². The molecular weight excluding hydrogens is 264 g/mol. The highest BCUT2D eigenvalue weighted by Crippen LogP contribution is 2.47. The summed E-state index contributed by atoms with van der Waals surface area (Å²) >= 11 is 0. The highest BCUT2D eigenvalue weighted by molar-refractivity contribution is 5.94. The highest BCUT2D eigenvalue weighted by Gasteiger charge is 2.36. The lowest BCUT2D eigenvalue weighted by atomic mass is 10.2. The molecule has 4 nitrogen and oxygen atoms in total. The third kappa shape index (κ3) is 3.10. The van der Waals surface area contributed by atoms with Gasteiger partial charge >= 0.3 is 0 Å². The Morgan fingerprint density at radius 3 is 2.57 bits per heavy atom. The predicted octanol–water partition coefficient (Wildman–Crippen LogP) is 3.37. The maximum atomic E-state index is 11.5. The molecule has 2 aromatic rings. The Hall–Kier alpha value is -2.23. The Bertz CT molecular complexity index is 630. The first-order valence-electron chi connectivity index (χ1n) is 7.32. The fourth-order valence-electron chi connectivity index (χ4n) is 2.48. The molecule has 1 heterocycles. The van der Waals surface area contributed by atoms with E-state index < -0.39 is 0 Å². The van der Waals surface area contributed by atoms with E-state index in [0.717, 1.165) is 23.1 Å². The SMILES string of the molecule is CNC(=O)c1ccc(NCc2ccc(C3CC3C)o2)cc1. The number of benzene rings is 1. The van der Waals surface area contributed by atoms with Crippen LogP contribution in [0.4, 0.5) is 5.69 Å². The van der Waals surface area contributed by atoms with Gasteiger partial charge in [0.25, 0.3) is 5.91 Å². The normalized spacial score (nSPS) is 20.1. The number of carbonyl (C=O) groups is 1. The molecule has 4 heteroatoms. The van der Waals surface area contributed by atoms with Crippen LogP contribution >= 0.6 is 0 Å². The molecule has 1 aromatic carbocycles. The van der Waals surface area contributed by atoms with E-state index in [-0.39, 0.29) is 5.91 Å². The minimum Gasteiger partial charge on any atom is -0.464 e. The molecular formula is C17H20N2O2. The Morgan fingerprint density at radius 1 is 1.24 bits per heavy atom. The smallest absolute Gasteiger partial charge is 0.251 e. The molecule has 2 N–H and O–H groups in total. The Labute approximate surface area is 124 Å². The minimum atomic E-state index is -0.0734. The third-order valence-corrected chi connectivity index (χ3v) is 4.00. The molecule has 2 atom stereocenters. The number of anilines is 1. The van der Waals surface area contributed by atoms with Crippen LogP contribution in [0.1, 0.15) is 41.1 Å². The fraction of sp³-hybridized carbons (Fsp3) is 0.353. The van der Waals surface area contributed by atoms with Crippen LogP contribution in [0.5, 0.6) is 0 Å². The third-order valence-electron chi connectivity index (χ3n) is 4.00. The molecule has 110 valence electrons.